The van der Waals surface area contributed by atoms with Crippen LogP contribution in [0.5, 0.6) is 0 Å². The second-order valence-corrected chi connectivity index (χ2v) is 28.6. The highest BCUT2D eigenvalue weighted by Gasteiger charge is 2.30. The molecule has 3 N–H and O–H groups in total. The Morgan fingerprint density at radius 2 is 0.558 bits per heavy atom. The number of carbonyl (C=O) groups is 4. The maximum Gasteiger partial charge on any atom is 0.472 e. The van der Waals surface area contributed by atoms with Crippen molar-refractivity contribution in [1.82, 2.24) is 0 Å². The number of aliphatic hydroxyl groups is 1. The van der Waals surface area contributed by atoms with Crippen molar-refractivity contribution in [2.75, 3.05) is 39.6 Å². The van der Waals surface area contributed by atoms with Crippen LogP contribution in [-0.4, -0.2) is 96.7 Å². The molecule has 0 aliphatic carbocycles. The first-order chi connectivity index (χ1) is 41.2. The van der Waals surface area contributed by atoms with E-state index in [1.54, 1.807) is 0 Å². The number of aliphatic hydroxyl groups excluding tert-OH is 1. The molecular formula is C67H130O17P2. The van der Waals surface area contributed by atoms with Crippen molar-refractivity contribution in [3.05, 3.63) is 0 Å². The Kier molecular flexibility index (Phi) is 55.7. The van der Waals surface area contributed by atoms with Crippen LogP contribution in [0.4, 0.5) is 0 Å². The minimum atomic E-state index is -4.95. The predicted molar refractivity (Wildman–Crippen MR) is 344 cm³/mol. The van der Waals surface area contributed by atoms with Crippen molar-refractivity contribution >= 4 is 39.5 Å². The third-order valence-electron chi connectivity index (χ3n) is 16.0. The lowest BCUT2D eigenvalue weighted by Crippen LogP contribution is -2.30. The van der Waals surface area contributed by atoms with Gasteiger partial charge in [-0.15, -0.1) is 0 Å². The zero-order chi connectivity index (χ0) is 63.9. The number of hydrogen-bond acceptors (Lipinski definition) is 15. The zero-order valence-corrected chi connectivity index (χ0v) is 57.7. The van der Waals surface area contributed by atoms with Gasteiger partial charge in [0.05, 0.1) is 26.4 Å². The van der Waals surface area contributed by atoms with Gasteiger partial charge in [-0.3, -0.25) is 37.3 Å². The van der Waals surface area contributed by atoms with Gasteiger partial charge >= 0.3 is 39.5 Å². The molecule has 0 spiro atoms. The fraction of sp³-hybridized carbons (Fsp3) is 0.940. The number of ether oxygens (including phenoxy) is 4. The molecule has 0 aliphatic rings. The Balaban J connectivity index is 5.24. The van der Waals surface area contributed by atoms with Crippen molar-refractivity contribution in [1.29, 1.82) is 0 Å². The van der Waals surface area contributed by atoms with Gasteiger partial charge in [-0.2, -0.15) is 0 Å². The number of rotatable bonds is 64. The standard InChI is InChI=1S/C67H130O17P2/c1-9-59(7)45-37-29-20-16-12-14-17-21-31-39-47-64(69)77-53-63(84-67(72)50-42-34-26-24-30-38-46-60(8)10-2)56-82-86(75,76)80-52-61(68)51-79-85(73,74)81-55-62(54-78-65(70)48-40-32-25-23-28-36-44-58(5)6)83-66(71)49-41-33-22-18-13-11-15-19-27-35-43-57(3)4/h57-63,68H,9-56H2,1-8H3,(H,73,74)(H,75,76)/t59?,60?,61-,62+,63+/m0/s1. The first-order valence-electron chi connectivity index (χ1n) is 34.8. The van der Waals surface area contributed by atoms with E-state index in [9.17, 15) is 43.2 Å². The maximum absolute atomic E-state index is 13.0. The minimum absolute atomic E-state index is 0.102. The van der Waals surface area contributed by atoms with E-state index in [-0.39, 0.29) is 25.7 Å². The molecule has 0 fully saturated rings. The molecule has 0 aromatic rings. The first kappa shape index (κ1) is 84.1. The molecule has 86 heavy (non-hydrogen) atoms. The third-order valence-corrected chi connectivity index (χ3v) is 17.9. The van der Waals surface area contributed by atoms with Gasteiger partial charge in [0.1, 0.15) is 19.3 Å². The number of esters is 4. The summed E-state index contributed by atoms with van der Waals surface area (Å²) in [5.41, 5.74) is 0. The summed E-state index contributed by atoms with van der Waals surface area (Å²) >= 11 is 0. The van der Waals surface area contributed by atoms with Gasteiger partial charge in [0, 0.05) is 25.7 Å². The summed E-state index contributed by atoms with van der Waals surface area (Å²) in [6.07, 6.45) is 37.7. The molecule has 0 aromatic heterocycles. The summed E-state index contributed by atoms with van der Waals surface area (Å²) in [5, 5.41) is 10.6. The topological polar surface area (TPSA) is 237 Å². The normalized spacial score (nSPS) is 15.0. The van der Waals surface area contributed by atoms with Crippen LogP contribution in [0.2, 0.25) is 0 Å². The molecule has 510 valence electrons. The Hall–Kier alpha value is -1.94. The van der Waals surface area contributed by atoms with Crippen LogP contribution in [0.25, 0.3) is 0 Å². The monoisotopic (exact) mass is 1270 g/mol. The maximum atomic E-state index is 13.0. The minimum Gasteiger partial charge on any atom is -0.462 e. The van der Waals surface area contributed by atoms with E-state index in [0.717, 1.165) is 114 Å². The zero-order valence-electron chi connectivity index (χ0n) is 55.9. The van der Waals surface area contributed by atoms with Gasteiger partial charge in [0.15, 0.2) is 12.2 Å². The molecule has 19 heteroatoms. The van der Waals surface area contributed by atoms with Crippen LogP contribution < -0.4 is 0 Å². The Labute approximate surface area is 524 Å². The van der Waals surface area contributed by atoms with Crippen molar-refractivity contribution in [2.45, 2.75) is 343 Å². The fourth-order valence-electron chi connectivity index (χ4n) is 9.89. The average molecular weight is 1270 g/mol. The number of phosphoric acid groups is 2. The van der Waals surface area contributed by atoms with Crippen molar-refractivity contribution in [3.8, 4) is 0 Å². The molecule has 0 rings (SSSR count). The molecule has 0 bridgehead atoms. The molecule has 0 amide bonds. The van der Waals surface area contributed by atoms with Crippen LogP contribution in [0, 0.1) is 23.7 Å². The molecule has 0 saturated carbocycles. The summed E-state index contributed by atoms with van der Waals surface area (Å²) in [5.74, 6) is 0.823. The lowest BCUT2D eigenvalue weighted by Gasteiger charge is -2.21. The van der Waals surface area contributed by atoms with Crippen molar-refractivity contribution < 1.29 is 80.2 Å². The Morgan fingerprint density at radius 3 is 0.826 bits per heavy atom. The second-order valence-electron chi connectivity index (χ2n) is 25.6. The van der Waals surface area contributed by atoms with Crippen LogP contribution in [-0.2, 0) is 65.4 Å². The summed E-state index contributed by atoms with van der Waals surface area (Å²) in [4.78, 5) is 72.3. The van der Waals surface area contributed by atoms with Gasteiger partial charge < -0.3 is 33.8 Å². The Bertz CT molecular complexity index is 1720. The van der Waals surface area contributed by atoms with E-state index in [2.05, 4.69) is 55.4 Å². The first-order valence-corrected chi connectivity index (χ1v) is 37.8. The highest BCUT2D eigenvalue weighted by molar-refractivity contribution is 7.47. The van der Waals surface area contributed by atoms with Crippen molar-refractivity contribution in [2.24, 2.45) is 23.7 Å². The lowest BCUT2D eigenvalue weighted by atomic mass is 9.99. The van der Waals surface area contributed by atoms with Crippen LogP contribution in [0.1, 0.15) is 325 Å². The SMILES string of the molecule is CCC(C)CCCCCCCCCCCCC(=O)OC[C@H](COP(=O)(O)OC[C@@H](O)COP(=O)(O)OC[C@@H](COC(=O)CCCCCCCCC(C)C)OC(=O)CCCCCCCCCCCCC(C)C)OC(=O)CCCCCCCCC(C)CC. The van der Waals surface area contributed by atoms with Crippen LogP contribution in [0.15, 0.2) is 0 Å². The summed E-state index contributed by atoms with van der Waals surface area (Å²) in [6, 6.07) is 0. The van der Waals surface area contributed by atoms with E-state index >= 15 is 0 Å². The number of unbranched alkanes of at least 4 members (excludes halogenated alkanes) is 28. The summed E-state index contributed by atoms with van der Waals surface area (Å²) in [6.45, 7) is 14.0. The van der Waals surface area contributed by atoms with Crippen LogP contribution in [0.3, 0.4) is 0 Å². The molecular weight excluding hydrogens is 1140 g/mol. The molecule has 4 unspecified atom stereocenters. The van der Waals surface area contributed by atoms with Crippen molar-refractivity contribution in [3.63, 3.8) is 0 Å². The van der Waals surface area contributed by atoms with E-state index in [4.69, 9.17) is 37.0 Å². The lowest BCUT2D eigenvalue weighted by molar-refractivity contribution is -0.161. The van der Waals surface area contributed by atoms with Gasteiger partial charge in [-0.25, -0.2) is 9.13 Å². The Morgan fingerprint density at radius 1 is 0.326 bits per heavy atom. The third kappa shape index (κ3) is 58.4. The van der Waals surface area contributed by atoms with E-state index < -0.39 is 97.5 Å². The van der Waals surface area contributed by atoms with Crippen LogP contribution >= 0.6 is 15.6 Å². The van der Waals surface area contributed by atoms with Gasteiger partial charge in [-0.05, 0) is 49.4 Å². The van der Waals surface area contributed by atoms with E-state index in [1.165, 1.54) is 122 Å². The molecule has 0 saturated heterocycles. The summed E-state index contributed by atoms with van der Waals surface area (Å²) < 4.78 is 68.1. The second kappa shape index (κ2) is 57.0. The summed E-state index contributed by atoms with van der Waals surface area (Å²) in [7, 11) is -9.90. The van der Waals surface area contributed by atoms with E-state index in [1.807, 2.05) is 0 Å². The van der Waals surface area contributed by atoms with Gasteiger partial charge in [0.25, 0.3) is 0 Å². The average Bonchev–Trinajstić information content (AvgIpc) is 3.68. The number of phosphoric ester groups is 2. The highest BCUT2D eigenvalue weighted by atomic mass is 31.2. The van der Waals surface area contributed by atoms with E-state index in [0.29, 0.717) is 31.6 Å². The molecule has 0 heterocycles. The molecule has 17 nitrogen and oxygen atoms in total. The molecule has 0 radical (unpaired) electrons. The number of carbonyl (C=O) groups excluding carboxylic acids is 4. The molecule has 0 aliphatic heterocycles. The number of hydrogen-bond donors (Lipinski definition) is 3. The molecule has 0 aromatic carbocycles. The molecule has 7 atom stereocenters. The smallest absolute Gasteiger partial charge is 0.462 e. The highest BCUT2D eigenvalue weighted by Crippen LogP contribution is 2.45. The quantitative estimate of drug-likeness (QED) is 0.0222. The largest absolute Gasteiger partial charge is 0.472 e. The fourth-order valence-corrected chi connectivity index (χ4v) is 11.5. The van der Waals surface area contributed by atoms with Gasteiger partial charge in [-0.1, -0.05) is 274 Å². The van der Waals surface area contributed by atoms with Gasteiger partial charge in [0.2, 0.25) is 0 Å². The predicted octanol–water partition coefficient (Wildman–Crippen LogP) is 18.5.